The molecule has 1 fully saturated rings. The fourth-order valence-corrected chi connectivity index (χ4v) is 3.52. The molecule has 1 aromatic carbocycles. The lowest BCUT2D eigenvalue weighted by Crippen LogP contribution is -2.46. The first-order chi connectivity index (χ1) is 13.1. The Morgan fingerprint density at radius 1 is 1.19 bits per heavy atom. The Hall–Kier alpha value is -2.40. The van der Waals surface area contributed by atoms with Gasteiger partial charge in [0.15, 0.2) is 0 Å². The Bertz CT molecular complexity index is 780. The predicted molar refractivity (Wildman–Crippen MR) is 105 cm³/mol. The Kier molecular flexibility index (Phi) is 6.45. The molecule has 1 aliphatic heterocycles. The van der Waals surface area contributed by atoms with E-state index in [-0.39, 0.29) is 17.7 Å². The molecule has 0 N–H and O–H groups in total. The van der Waals surface area contributed by atoms with Gasteiger partial charge in [-0.05, 0) is 48.7 Å². The second-order valence-corrected chi connectivity index (χ2v) is 7.28. The quantitative estimate of drug-likeness (QED) is 0.764. The summed E-state index contributed by atoms with van der Waals surface area (Å²) >= 11 is 5.93. The molecule has 142 valence electrons. The van der Waals surface area contributed by atoms with E-state index in [1.54, 1.807) is 17.3 Å². The van der Waals surface area contributed by atoms with Gasteiger partial charge >= 0.3 is 0 Å². The van der Waals surface area contributed by atoms with E-state index in [2.05, 4.69) is 4.98 Å². The largest absolute Gasteiger partial charge is 0.338 e. The second-order valence-electron chi connectivity index (χ2n) is 6.84. The predicted octanol–water partition coefficient (Wildman–Crippen LogP) is 3.52. The van der Waals surface area contributed by atoms with Crippen LogP contribution in [0, 0.1) is 5.92 Å². The summed E-state index contributed by atoms with van der Waals surface area (Å²) in [5.41, 5.74) is 2.08. The zero-order valence-corrected chi connectivity index (χ0v) is 16.2. The highest BCUT2D eigenvalue weighted by Crippen LogP contribution is 2.23. The van der Waals surface area contributed by atoms with Gasteiger partial charge in [0.25, 0.3) is 0 Å². The molecule has 2 aromatic rings. The van der Waals surface area contributed by atoms with Crippen molar-refractivity contribution >= 4 is 23.4 Å². The van der Waals surface area contributed by atoms with E-state index in [1.807, 2.05) is 48.2 Å². The number of carbonyl (C=O) groups excluding carboxylic acids is 2. The van der Waals surface area contributed by atoms with Crippen molar-refractivity contribution in [2.45, 2.75) is 32.9 Å². The van der Waals surface area contributed by atoms with Gasteiger partial charge < -0.3 is 9.80 Å². The van der Waals surface area contributed by atoms with Crippen molar-refractivity contribution < 1.29 is 9.59 Å². The topological polar surface area (TPSA) is 53.5 Å². The van der Waals surface area contributed by atoms with E-state index < -0.39 is 0 Å². The van der Waals surface area contributed by atoms with Crippen molar-refractivity contribution in [3.8, 4) is 0 Å². The molecule has 6 heteroatoms. The van der Waals surface area contributed by atoms with E-state index in [0.717, 1.165) is 11.1 Å². The summed E-state index contributed by atoms with van der Waals surface area (Å²) in [6.45, 7) is 4.17. The molecule has 0 bridgehead atoms. The third-order valence-corrected chi connectivity index (χ3v) is 5.20. The standard InChI is InChI=1S/C21H24ClN3O2/c1-2-24(13-17-9-11-23-12-10-17)21(27)18-5-8-20(26)25(15-18)14-16-3-6-19(22)7-4-16/h3-4,6-7,9-12,18H,2,5,8,13-15H2,1H3. The highest BCUT2D eigenvalue weighted by Gasteiger charge is 2.32. The van der Waals surface area contributed by atoms with Crippen LogP contribution in [0.1, 0.15) is 30.9 Å². The molecule has 1 unspecified atom stereocenters. The number of hydrogen-bond donors (Lipinski definition) is 0. The fraction of sp³-hybridized carbons (Fsp3) is 0.381. The molecule has 0 aliphatic carbocycles. The number of amides is 2. The van der Waals surface area contributed by atoms with Crippen LogP contribution in [-0.2, 0) is 22.7 Å². The van der Waals surface area contributed by atoms with Gasteiger partial charge in [-0.1, -0.05) is 23.7 Å². The number of aromatic nitrogens is 1. The van der Waals surface area contributed by atoms with Gasteiger partial charge in [0.05, 0.1) is 5.92 Å². The van der Waals surface area contributed by atoms with Crippen LogP contribution in [0.5, 0.6) is 0 Å². The van der Waals surface area contributed by atoms with Crippen LogP contribution in [0.15, 0.2) is 48.8 Å². The number of rotatable bonds is 6. The second kappa shape index (κ2) is 9.00. The first kappa shape index (κ1) is 19.4. The van der Waals surface area contributed by atoms with Gasteiger partial charge in [-0.25, -0.2) is 0 Å². The Balaban J connectivity index is 1.65. The summed E-state index contributed by atoms with van der Waals surface area (Å²) in [5.74, 6) is 0.0610. The first-order valence-electron chi connectivity index (χ1n) is 9.26. The molecule has 1 saturated heterocycles. The Labute approximate surface area is 164 Å². The molecule has 3 rings (SSSR count). The number of likely N-dealkylation sites (tertiary alicyclic amines) is 1. The van der Waals surface area contributed by atoms with E-state index in [4.69, 9.17) is 11.6 Å². The number of halogens is 1. The van der Waals surface area contributed by atoms with Crippen molar-refractivity contribution in [1.29, 1.82) is 0 Å². The first-order valence-corrected chi connectivity index (χ1v) is 9.64. The van der Waals surface area contributed by atoms with Crippen molar-refractivity contribution in [3.63, 3.8) is 0 Å². The van der Waals surface area contributed by atoms with Gasteiger partial charge in [0.2, 0.25) is 11.8 Å². The van der Waals surface area contributed by atoms with Crippen molar-refractivity contribution in [2.75, 3.05) is 13.1 Å². The third kappa shape index (κ3) is 5.07. The van der Waals surface area contributed by atoms with Crippen LogP contribution in [0.2, 0.25) is 5.02 Å². The summed E-state index contributed by atoms with van der Waals surface area (Å²) in [5, 5.41) is 0.673. The molecule has 5 nitrogen and oxygen atoms in total. The number of hydrogen-bond acceptors (Lipinski definition) is 3. The molecule has 2 amide bonds. The lowest BCUT2D eigenvalue weighted by atomic mass is 9.95. The lowest BCUT2D eigenvalue weighted by Gasteiger charge is -2.34. The summed E-state index contributed by atoms with van der Waals surface area (Å²) in [6, 6.07) is 11.3. The van der Waals surface area contributed by atoms with Gasteiger partial charge in [-0.2, -0.15) is 0 Å². The van der Waals surface area contributed by atoms with Crippen LogP contribution in [0.25, 0.3) is 0 Å². The Morgan fingerprint density at radius 3 is 2.56 bits per heavy atom. The van der Waals surface area contributed by atoms with Crippen LogP contribution in [0.4, 0.5) is 0 Å². The minimum absolute atomic E-state index is 0.103. The average Bonchev–Trinajstić information content (AvgIpc) is 2.70. The third-order valence-electron chi connectivity index (χ3n) is 4.95. The summed E-state index contributed by atoms with van der Waals surface area (Å²) in [6.07, 6.45) is 4.50. The number of benzene rings is 1. The summed E-state index contributed by atoms with van der Waals surface area (Å²) in [7, 11) is 0. The van der Waals surface area contributed by atoms with Crippen LogP contribution in [-0.4, -0.2) is 39.7 Å². The maximum atomic E-state index is 13.0. The smallest absolute Gasteiger partial charge is 0.227 e. The number of nitrogens with zero attached hydrogens (tertiary/aromatic N) is 3. The summed E-state index contributed by atoms with van der Waals surface area (Å²) in [4.78, 5) is 33.0. The van der Waals surface area contributed by atoms with E-state index in [0.29, 0.717) is 44.0 Å². The minimum atomic E-state index is -0.156. The van der Waals surface area contributed by atoms with E-state index >= 15 is 0 Å². The molecular formula is C21H24ClN3O2. The molecule has 0 radical (unpaired) electrons. The van der Waals surface area contributed by atoms with Crippen molar-refractivity contribution in [1.82, 2.24) is 14.8 Å². The Morgan fingerprint density at radius 2 is 1.89 bits per heavy atom. The van der Waals surface area contributed by atoms with Crippen LogP contribution in [0.3, 0.4) is 0 Å². The van der Waals surface area contributed by atoms with Gasteiger partial charge in [-0.15, -0.1) is 0 Å². The van der Waals surface area contributed by atoms with Gasteiger partial charge in [0, 0.05) is 50.0 Å². The molecule has 0 spiro atoms. The molecule has 2 heterocycles. The normalized spacial score (nSPS) is 17.0. The SMILES string of the molecule is CCN(Cc1ccncc1)C(=O)C1CCC(=O)N(Cc2ccc(Cl)cc2)C1. The molecule has 1 aliphatic rings. The monoisotopic (exact) mass is 385 g/mol. The zero-order chi connectivity index (χ0) is 19.2. The van der Waals surface area contributed by atoms with E-state index in [1.165, 1.54) is 0 Å². The van der Waals surface area contributed by atoms with E-state index in [9.17, 15) is 9.59 Å². The number of pyridine rings is 1. The number of piperidine rings is 1. The maximum absolute atomic E-state index is 13.0. The maximum Gasteiger partial charge on any atom is 0.227 e. The molecule has 1 atom stereocenters. The highest BCUT2D eigenvalue weighted by atomic mass is 35.5. The van der Waals surface area contributed by atoms with Crippen molar-refractivity contribution in [3.05, 3.63) is 64.9 Å². The lowest BCUT2D eigenvalue weighted by molar-refractivity contribution is -0.143. The molecule has 0 saturated carbocycles. The van der Waals surface area contributed by atoms with Crippen LogP contribution < -0.4 is 0 Å². The summed E-state index contributed by atoms with van der Waals surface area (Å²) < 4.78 is 0. The van der Waals surface area contributed by atoms with Crippen molar-refractivity contribution in [2.24, 2.45) is 5.92 Å². The van der Waals surface area contributed by atoms with Gasteiger partial charge in [0.1, 0.15) is 0 Å². The highest BCUT2D eigenvalue weighted by molar-refractivity contribution is 6.30. The van der Waals surface area contributed by atoms with Gasteiger partial charge in [-0.3, -0.25) is 14.6 Å². The molecular weight excluding hydrogens is 362 g/mol. The molecule has 27 heavy (non-hydrogen) atoms. The van der Waals surface area contributed by atoms with Crippen LogP contribution >= 0.6 is 11.6 Å². The fourth-order valence-electron chi connectivity index (χ4n) is 3.39. The zero-order valence-electron chi connectivity index (χ0n) is 15.5. The minimum Gasteiger partial charge on any atom is -0.338 e. The number of carbonyl (C=O) groups is 2. The average molecular weight is 386 g/mol. The molecule has 1 aromatic heterocycles.